The summed E-state index contributed by atoms with van der Waals surface area (Å²) >= 11 is 3.80. The minimum absolute atomic E-state index is 0.00215. The molecule has 0 bridgehead atoms. The summed E-state index contributed by atoms with van der Waals surface area (Å²) < 4.78 is 57.8. The molecule has 0 spiro atoms. The molecule has 0 aliphatic carbocycles. The van der Waals surface area contributed by atoms with Crippen LogP contribution < -0.4 is 0 Å². The van der Waals surface area contributed by atoms with Gasteiger partial charge in [-0.1, -0.05) is 84.8 Å². The topological polar surface area (TPSA) is 13.1 Å². The van der Waals surface area contributed by atoms with Crippen molar-refractivity contribution in [2.24, 2.45) is 0 Å². The molecule has 0 radical (unpaired) electrons. The van der Waals surface area contributed by atoms with Crippen LogP contribution in [0.3, 0.4) is 0 Å². The summed E-state index contributed by atoms with van der Waals surface area (Å²) in [5.41, 5.74) is 2.64. The maximum absolute atomic E-state index is 8.82. The second kappa shape index (κ2) is 6.69. The normalized spacial score (nSPS) is 14.5. The van der Waals surface area contributed by atoms with Gasteiger partial charge in [0, 0.05) is 20.6 Å². The van der Waals surface area contributed by atoms with E-state index < -0.39 is 12.1 Å². The van der Waals surface area contributed by atoms with Gasteiger partial charge < -0.3 is 4.42 Å². The molecule has 1 nitrogen and oxygen atoms in total. The Morgan fingerprint density at radius 1 is 0.625 bits per heavy atom. The van der Waals surface area contributed by atoms with Gasteiger partial charge in [-0.05, 0) is 72.2 Å². The first-order valence-corrected chi connectivity index (χ1v) is 11.0. The number of halogens is 1. The summed E-state index contributed by atoms with van der Waals surface area (Å²) in [7, 11) is 0. The molecule has 150 valence electrons. The largest absolute Gasteiger partial charge is 0.455 e. The molecule has 6 aromatic carbocycles. The smallest absolute Gasteiger partial charge is 0.143 e. The van der Waals surface area contributed by atoms with Gasteiger partial charge in [0.25, 0.3) is 0 Å². The van der Waals surface area contributed by atoms with E-state index in [1.54, 1.807) is 0 Å². The highest BCUT2D eigenvalue weighted by atomic mass is 79.9. The van der Waals surface area contributed by atoms with Crippen LogP contribution in [0.25, 0.3) is 65.4 Å². The number of rotatable bonds is 1. The Labute approximate surface area is 201 Å². The first-order chi connectivity index (χ1) is 18.3. The zero-order chi connectivity index (χ0) is 26.5. The van der Waals surface area contributed by atoms with Crippen molar-refractivity contribution in [3.63, 3.8) is 0 Å². The van der Waals surface area contributed by atoms with E-state index in [1.165, 1.54) is 0 Å². The van der Waals surface area contributed by atoms with Crippen LogP contribution in [0.1, 0.15) is 8.22 Å². The summed E-state index contributed by atoms with van der Waals surface area (Å²) in [6, 6.07) is 20.3. The van der Waals surface area contributed by atoms with Crippen LogP contribution in [0.4, 0.5) is 0 Å². The lowest BCUT2D eigenvalue weighted by molar-refractivity contribution is 0.672. The molecule has 0 N–H and O–H groups in total. The van der Waals surface area contributed by atoms with Crippen LogP contribution in [0, 0.1) is 0 Å². The molecule has 0 aliphatic heterocycles. The number of hydrogen-bond acceptors (Lipinski definition) is 1. The standard InChI is InChI=1S/C30H17BrO/c31-29-23-11-5-3-9-21(23)28(22-10-4-6-12-24(22)29)19-14-16-27-26(17-19)25-15-13-18-7-1-2-8-20(18)30(25)32-27/h1-17H/i1D,2D,7D,8D,13D,15D. The van der Waals surface area contributed by atoms with E-state index in [4.69, 9.17) is 12.6 Å². The van der Waals surface area contributed by atoms with Crippen molar-refractivity contribution in [3.8, 4) is 11.1 Å². The summed E-state index contributed by atoms with van der Waals surface area (Å²) in [5, 5.41) is 5.41. The average Bonchev–Trinajstić information content (AvgIpc) is 3.31. The molecule has 0 atom stereocenters. The van der Waals surface area contributed by atoms with E-state index in [1.807, 2.05) is 42.5 Å². The SMILES string of the molecule is [2H]c1c([2H])c([2H])c2c(c1[2H])c([2H])c([2H])c1c3cc(-c4c5ccccc5c(Br)c5ccccc45)ccc3oc21. The van der Waals surface area contributed by atoms with Gasteiger partial charge in [0.2, 0.25) is 0 Å². The zero-order valence-electron chi connectivity index (χ0n) is 22.6. The Morgan fingerprint density at radius 3 is 2.06 bits per heavy atom. The molecular weight excluding hydrogens is 456 g/mol. The third-order valence-corrected chi connectivity index (χ3v) is 6.92. The number of benzene rings is 6. The maximum atomic E-state index is 8.82. The Balaban J connectivity index is 1.65. The second-order valence-electron chi connectivity index (χ2n) is 7.80. The predicted molar refractivity (Wildman–Crippen MR) is 139 cm³/mol. The molecule has 0 saturated heterocycles. The Bertz CT molecular complexity index is 2110. The van der Waals surface area contributed by atoms with Crippen LogP contribution in [0.5, 0.6) is 0 Å². The van der Waals surface area contributed by atoms with Crippen LogP contribution in [0.2, 0.25) is 0 Å². The van der Waals surface area contributed by atoms with E-state index in [0.29, 0.717) is 16.4 Å². The van der Waals surface area contributed by atoms with Crippen LogP contribution in [-0.4, -0.2) is 0 Å². The van der Waals surface area contributed by atoms with Crippen LogP contribution >= 0.6 is 15.9 Å². The van der Waals surface area contributed by atoms with Gasteiger partial charge in [-0.25, -0.2) is 0 Å². The van der Waals surface area contributed by atoms with Crippen molar-refractivity contribution in [2.45, 2.75) is 0 Å². The van der Waals surface area contributed by atoms with Crippen LogP contribution in [0.15, 0.2) is 112 Å². The van der Waals surface area contributed by atoms with Gasteiger partial charge in [-0.15, -0.1) is 0 Å². The average molecular weight is 479 g/mol. The Hall–Kier alpha value is -3.62. The summed E-state index contributed by atoms with van der Waals surface area (Å²) in [6.07, 6.45) is 0. The van der Waals surface area contributed by atoms with E-state index in [0.717, 1.165) is 37.1 Å². The van der Waals surface area contributed by atoms with Gasteiger partial charge in [0.15, 0.2) is 0 Å². The van der Waals surface area contributed by atoms with Crippen LogP contribution in [-0.2, 0) is 0 Å². The fourth-order valence-electron chi connectivity index (χ4n) is 4.64. The fraction of sp³-hybridized carbons (Fsp3) is 0. The summed E-state index contributed by atoms with van der Waals surface area (Å²) in [5.74, 6) is 0. The molecule has 0 saturated carbocycles. The molecule has 2 heteroatoms. The molecule has 1 heterocycles. The Morgan fingerprint density at radius 2 is 1.31 bits per heavy atom. The molecule has 0 aliphatic rings. The lowest BCUT2D eigenvalue weighted by Crippen LogP contribution is -1.87. The molecule has 0 unspecified atom stereocenters. The molecule has 32 heavy (non-hydrogen) atoms. The molecule has 0 amide bonds. The second-order valence-corrected chi connectivity index (χ2v) is 8.59. The third kappa shape index (κ3) is 2.44. The minimum atomic E-state index is -0.429. The van der Waals surface area contributed by atoms with Crippen molar-refractivity contribution in [1.82, 2.24) is 0 Å². The molecular formula is C30H17BrO. The van der Waals surface area contributed by atoms with E-state index in [-0.39, 0.29) is 40.5 Å². The van der Waals surface area contributed by atoms with Crippen molar-refractivity contribution in [1.29, 1.82) is 0 Å². The van der Waals surface area contributed by atoms with E-state index >= 15 is 0 Å². The number of hydrogen-bond donors (Lipinski definition) is 0. The molecule has 7 rings (SSSR count). The predicted octanol–water partition coefficient (Wildman–Crippen LogP) is 9.48. The lowest BCUT2D eigenvalue weighted by atomic mass is 9.91. The monoisotopic (exact) mass is 478 g/mol. The van der Waals surface area contributed by atoms with Crippen molar-refractivity contribution in [2.75, 3.05) is 0 Å². The van der Waals surface area contributed by atoms with Gasteiger partial charge in [0.05, 0.1) is 8.22 Å². The van der Waals surface area contributed by atoms with Gasteiger partial charge in [0.1, 0.15) is 11.2 Å². The first-order valence-electron chi connectivity index (χ1n) is 13.2. The van der Waals surface area contributed by atoms with E-state index in [2.05, 4.69) is 40.2 Å². The quantitative estimate of drug-likeness (QED) is 0.214. The molecule has 7 aromatic rings. The Kier molecular flexibility index (Phi) is 2.73. The summed E-state index contributed by atoms with van der Waals surface area (Å²) in [4.78, 5) is 0. The fourth-order valence-corrected chi connectivity index (χ4v) is 5.33. The van der Waals surface area contributed by atoms with Crippen molar-refractivity contribution < 1.29 is 12.6 Å². The number of furan rings is 1. The highest BCUT2D eigenvalue weighted by molar-refractivity contribution is 9.10. The van der Waals surface area contributed by atoms with Gasteiger partial charge in [-0.2, -0.15) is 0 Å². The zero-order valence-corrected chi connectivity index (χ0v) is 18.2. The summed E-state index contributed by atoms with van der Waals surface area (Å²) in [6.45, 7) is 0. The molecule has 0 fully saturated rings. The first kappa shape index (κ1) is 13.0. The maximum Gasteiger partial charge on any atom is 0.143 e. The third-order valence-electron chi connectivity index (χ3n) is 6.07. The van der Waals surface area contributed by atoms with Crippen molar-refractivity contribution in [3.05, 3.63) is 107 Å². The highest BCUT2D eigenvalue weighted by Gasteiger charge is 2.16. The molecule has 1 aromatic heterocycles. The van der Waals surface area contributed by atoms with Crippen molar-refractivity contribution >= 4 is 70.2 Å². The van der Waals surface area contributed by atoms with Gasteiger partial charge in [-0.3, -0.25) is 0 Å². The lowest BCUT2D eigenvalue weighted by Gasteiger charge is -2.14. The number of fused-ring (bicyclic) bond motifs is 7. The minimum Gasteiger partial charge on any atom is -0.455 e. The van der Waals surface area contributed by atoms with Gasteiger partial charge >= 0.3 is 0 Å². The van der Waals surface area contributed by atoms with E-state index in [9.17, 15) is 0 Å². The highest BCUT2D eigenvalue weighted by Crippen LogP contribution is 2.43.